The van der Waals surface area contributed by atoms with Crippen molar-refractivity contribution in [3.05, 3.63) is 0 Å². The largest absolute Gasteiger partial charge is 0.338 e. The third kappa shape index (κ3) is 2.37. The summed E-state index contributed by atoms with van der Waals surface area (Å²) in [7, 11) is 0. The van der Waals surface area contributed by atoms with Gasteiger partial charge in [0.15, 0.2) is 0 Å². The smallest absolute Gasteiger partial charge is 0.333 e. The SMILES string of the molecule is CCONC(=O)NC1CC1(C)C. The molecule has 0 aromatic rings. The molecule has 2 amide bonds. The lowest BCUT2D eigenvalue weighted by Gasteiger charge is -2.07. The highest BCUT2D eigenvalue weighted by Gasteiger charge is 2.46. The second-order valence-electron chi connectivity index (χ2n) is 3.75. The molecule has 0 radical (unpaired) electrons. The molecule has 0 bridgehead atoms. The number of urea groups is 1. The third-order valence-electron chi connectivity index (χ3n) is 2.13. The minimum atomic E-state index is -0.243. The fourth-order valence-corrected chi connectivity index (χ4v) is 1.04. The number of rotatable bonds is 3. The van der Waals surface area contributed by atoms with E-state index >= 15 is 0 Å². The summed E-state index contributed by atoms with van der Waals surface area (Å²) in [6.07, 6.45) is 1.05. The Hall–Kier alpha value is -0.770. The van der Waals surface area contributed by atoms with E-state index in [0.717, 1.165) is 6.42 Å². The van der Waals surface area contributed by atoms with Gasteiger partial charge in [-0.15, -0.1) is 0 Å². The van der Waals surface area contributed by atoms with Crippen molar-refractivity contribution in [2.24, 2.45) is 5.41 Å². The van der Waals surface area contributed by atoms with Crippen LogP contribution in [-0.2, 0) is 4.84 Å². The first-order valence-corrected chi connectivity index (χ1v) is 4.24. The Morgan fingerprint density at radius 3 is 2.67 bits per heavy atom. The molecular formula is C8H16N2O2. The van der Waals surface area contributed by atoms with Gasteiger partial charge in [0.1, 0.15) is 0 Å². The van der Waals surface area contributed by atoms with Gasteiger partial charge in [-0.1, -0.05) is 13.8 Å². The Bertz CT molecular complexity index is 180. The van der Waals surface area contributed by atoms with Gasteiger partial charge in [0.25, 0.3) is 0 Å². The maximum absolute atomic E-state index is 11.0. The maximum Gasteiger partial charge on any atom is 0.338 e. The van der Waals surface area contributed by atoms with Gasteiger partial charge in [-0.2, -0.15) is 0 Å². The second-order valence-corrected chi connectivity index (χ2v) is 3.75. The number of carbonyl (C=O) groups excluding carboxylic acids is 1. The lowest BCUT2D eigenvalue weighted by Crippen LogP contribution is -2.38. The van der Waals surface area contributed by atoms with Crippen LogP contribution in [0.2, 0.25) is 0 Å². The molecule has 4 nitrogen and oxygen atoms in total. The van der Waals surface area contributed by atoms with E-state index in [2.05, 4.69) is 24.6 Å². The molecule has 0 aromatic heterocycles. The van der Waals surface area contributed by atoms with Gasteiger partial charge in [0, 0.05) is 6.04 Å². The molecule has 1 atom stereocenters. The van der Waals surface area contributed by atoms with E-state index in [9.17, 15) is 4.79 Å². The summed E-state index contributed by atoms with van der Waals surface area (Å²) in [5, 5.41) is 2.80. The van der Waals surface area contributed by atoms with E-state index in [-0.39, 0.29) is 11.4 Å². The maximum atomic E-state index is 11.0. The molecule has 1 rings (SSSR count). The molecule has 4 heteroatoms. The predicted octanol–water partition coefficient (Wildman–Crippen LogP) is 1.04. The summed E-state index contributed by atoms with van der Waals surface area (Å²) in [5.74, 6) is 0. The van der Waals surface area contributed by atoms with Crippen molar-refractivity contribution in [1.82, 2.24) is 10.8 Å². The van der Waals surface area contributed by atoms with Crippen molar-refractivity contribution in [3.8, 4) is 0 Å². The van der Waals surface area contributed by atoms with Gasteiger partial charge in [-0.25, -0.2) is 10.3 Å². The fraction of sp³-hybridized carbons (Fsp3) is 0.875. The van der Waals surface area contributed by atoms with Crippen LogP contribution in [0.15, 0.2) is 0 Å². The molecule has 2 N–H and O–H groups in total. The van der Waals surface area contributed by atoms with E-state index in [4.69, 9.17) is 4.84 Å². The first kappa shape index (κ1) is 9.32. The van der Waals surface area contributed by atoms with Crippen LogP contribution in [0, 0.1) is 5.41 Å². The fourth-order valence-electron chi connectivity index (χ4n) is 1.04. The Balaban J connectivity index is 2.12. The van der Waals surface area contributed by atoms with E-state index in [0.29, 0.717) is 12.6 Å². The van der Waals surface area contributed by atoms with E-state index in [1.165, 1.54) is 0 Å². The Kier molecular flexibility index (Phi) is 2.57. The standard InChI is InChI=1S/C8H16N2O2/c1-4-12-10-7(11)9-6-5-8(6,2)3/h6H,4-5H2,1-3H3,(H2,9,10,11). The molecule has 1 saturated carbocycles. The molecule has 0 aliphatic heterocycles. The molecule has 0 aromatic carbocycles. The van der Waals surface area contributed by atoms with Crippen LogP contribution in [-0.4, -0.2) is 18.7 Å². The van der Waals surface area contributed by atoms with Gasteiger partial charge in [-0.05, 0) is 18.8 Å². The number of nitrogens with one attached hydrogen (secondary N) is 2. The van der Waals surface area contributed by atoms with Crippen LogP contribution in [0.5, 0.6) is 0 Å². The highest BCUT2D eigenvalue weighted by atomic mass is 16.7. The quantitative estimate of drug-likeness (QED) is 0.625. The monoisotopic (exact) mass is 172 g/mol. The molecule has 1 unspecified atom stereocenters. The topological polar surface area (TPSA) is 50.4 Å². The van der Waals surface area contributed by atoms with Crippen molar-refractivity contribution in [2.75, 3.05) is 6.61 Å². The van der Waals surface area contributed by atoms with Crippen molar-refractivity contribution in [2.45, 2.75) is 33.2 Å². The lowest BCUT2D eigenvalue weighted by molar-refractivity contribution is 0.0702. The molecule has 0 saturated heterocycles. The number of hydroxylamine groups is 1. The van der Waals surface area contributed by atoms with Crippen molar-refractivity contribution < 1.29 is 9.63 Å². The summed E-state index contributed by atoms with van der Waals surface area (Å²) in [6.45, 7) is 6.56. The van der Waals surface area contributed by atoms with Gasteiger partial charge in [0.2, 0.25) is 0 Å². The molecule has 12 heavy (non-hydrogen) atoms. The minimum absolute atomic E-state index is 0.243. The second kappa shape index (κ2) is 3.31. The highest BCUT2D eigenvalue weighted by Crippen LogP contribution is 2.44. The minimum Gasteiger partial charge on any atom is -0.333 e. The van der Waals surface area contributed by atoms with Gasteiger partial charge >= 0.3 is 6.03 Å². The summed E-state index contributed by atoms with van der Waals surface area (Å²) in [5.41, 5.74) is 2.56. The summed E-state index contributed by atoms with van der Waals surface area (Å²) in [4.78, 5) is 15.7. The third-order valence-corrected chi connectivity index (χ3v) is 2.13. The summed E-state index contributed by atoms with van der Waals surface area (Å²) >= 11 is 0. The van der Waals surface area contributed by atoms with E-state index < -0.39 is 0 Å². The summed E-state index contributed by atoms with van der Waals surface area (Å²) < 4.78 is 0. The first-order chi connectivity index (χ1) is 5.56. The lowest BCUT2D eigenvalue weighted by atomic mass is 10.2. The van der Waals surface area contributed by atoms with Gasteiger partial charge in [0.05, 0.1) is 6.61 Å². The number of hydrogen-bond donors (Lipinski definition) is 2. The average Bonchev–Trinajstić information content (AvgIpc) is 2.54. The van der Waals surface area contributed by atoms with Crippen LogP contribution in [0.3, 0.4) is 0 Å². The van der Waals surface area contributed by atoms with Crippen LogP contribution in [0.25, 0.3) is 0 Å². The van der Waals surface area contributed by atoms with E-state index in [1.54, 1.807) is 0 Å². The molecule has 0 heterocycles. The number of hydrogen-bond acceptors (Lipinski definition) is 2. The van der Waals surface area contributed by atoms with E-state index in [1.807, 2.05) is 6.92 Å². The Morgan fingerprint density at radius 1 is 1.67 bits per heavy atom. The zero-order chi connectivity index (χ0) is 9.19. The zero-order valence-corrected chi connectivity index (χ0v) is 7.81. The number of amides is 2. The molecule has 1 fully saturated rings. The van der Waals surface area contributed by atoms with Gasteiger partial charge < -0.3 is 5.32 Å². The molecular weight excluding hydrogens is 156 g/mol. The Morgan fingerprint density at radius 2 is 2.25 bits per heavy atom. The average molecular weight is 172 g/mol. The summed E-state index contributed by atoms with van der Waals surface area (Å²) in [6, 6.07) is 0.0605. The molecule has 0 spiro atoms. The molecule has 1 aliphatic rings. The highest BCUT2D eigenvalue weighted by molar-refractivity contribution is 5.73. The zero-order valence-electron chi connectivity index (χ0n) is 7.81. The predicted molar refractivity (Wildman–Crippen MR) is 45.5 cm³/mol. The van der Waals surface area contributed by atoms with Crippen molar-refractivity contribution in [1.29, 1.82) is 0 Å². The van der Waals surface area contributed by atoms with Crippen molar-refractivity contribution >= 4 is 6.03 Å². The first-order valence-electron chi connectivity index (χ1n) is 4.24. The van der Waals surface area contributed by atoms with Crippen LogP contribution < -0.4 is 10.8 Å². The molecule has 1 aliphatic carbocycles. The number of carbonyl (C=O) groups is 1. The molecule has 70 valence electrons. The van der Waals surface area contributed by atoms with Crippen LogP contribution in [0.1, 0.15) is 27.2 Å². The van der Waals surface area contributed by atoms with Crippen LogP contribution in [0.4, 0.5) is 4.79 Å². The Labute approximate surface area is 72.6 Å². The van der Waals surface area contributed by atoms with Gasteiger partial charge in [-0.3, -0.25) is 4.84 Å². The van der Waals surface area contributed by atoms with Crippen LogP contribution >= 0.6 is 0 Å². The van der Waals surface area contributed by atoms with Crippen molar-refractivity contribution in [3.63, 3.8) is 0 Å². The normalized spacial score (nSPS) is 24.8.